The van der Waals surface area contributed by atoms with Gasteiger partial charge in [0.1, 0.15) is 23.7 Å². The molecular formula is C24H15Br2ClN2O5. The smallest absolute Gasteiger partial charge is 0.335 e. The molecule has 4 amide bonds. The summed E-state index contributed by atoms with van der Waals surface area (Å²) in [5.74, 6) is -1.08. The number of phenols is 1. The maximum Gasteiger partial charge on any atom is 0.335 e. The highest BCUT2D eigenvalue weighted by atomic mass is 79.9. The Morgan fingerprint density at radius 3 is 2.32 bits per heavy atom. The number of ether oxygens (including phenoxy) is 1. The Morgan fingerprint density at radius 1 is 1.00 bits per heavy atom. The van der Waals surface area contributed by atoms with Gasteiger partial charge in [-0.2, -0.15) is 0 Å². The van der Waals surface area contributed by atoms with Crippen molar-refractivity contribution in [2.75, 3.05) is 4.90 Å². The largest absolute Gasteiger partial charge is 0.508 e. The topological polar surface area (TPSA) is 95.9 Å². The number of nitrogens with zero attached hydrogens (tertiary/aromatic N) is 1. The van der Waals surface area contributed by atoms with Gasteiger partial charge < -0.3 is 9.84 Å². The van der Waals surface area contributed by atoms with E-state index in [-0.39, 0.29) is 23.6 Å². The second-order valence-corrected chi connectivity index (χ2v) is 9.35. The van der Waals surface area contributed by atoms with E-state index in [2.05, 4.69) is 37.2 Å². The molecule has 0 atom stereocenters. The van der Waals surface area contributed by atoms with Gasteiger partial charge in [0.05, 0.1) is 14.6 Å². The van der Waals surface area contributed by atoms with Gasteiger partial charge >= 0.3 is 6.03 Å². The fourth-order valence-corrected chi connectivity index (χ4v) is 4.91. The third-order valence-corrected chi connectivity index (χ3v) is 6.23. The number of benzene rings is 3. The van der Waals surface area contributed by atoms with Crippen LogP contribution in [0.4, 0.5) is 10.5 Å². The van der Waals surface area contributed by atoms with Gasteiger partial charge in [-0.1, -0.05) is 23.7 Å². The number of carbonyl (C=O) groups excluding carboxylic acids is 3. The molecule has 172 valence electrons. The van der Waals surface area contributed by atoms with Crippen molar-refractivity contribution in [3.8, 4) is 11.5 Å². The predicted octanol–water partition coefficient (Wildman–Crippen LogP) is 5.82. The molecule has 1 aliphatic rings. The third-order valence-electron chi connectivity index (χ3n) is 4.81. The van der Waals surface area contributed by atoms with Crippen LogP contribution in [-0.4, -0.2) is 23.0 Å². The van der Waals surface area contributed by atoms with Gasteiger partial charge in [0.15, 0.2) is 0 Å². The molecule has 4 rings (SSSR count). The summed E-state index contributed by atoms with van der Waals surface area (Å²) < 4.78 is 7.08. The van der Waals surface area contributed by atoms with Gasteiger partial charge in [-0.15, -0.1) is 0 Å². The van der Waals surface area contributed by atoms with Crippen molar-refractivity contribution in [1.82, 2.24) is 5.32 Å². The van der Waals surface area contributed by atoms with Crippen LogP contribution in [0.1, 0.15) is 11.1 Å². The number of halogens is 3. The maximum atomic E-state index is 13.0. The fraction of sp³-hybridized carbons (Fsp3) is 0.0417. The van der Waals surface area contributed by atoms with Crippen molar-refractivity contribution in [1.29, 1.82) is 0 Å². The van der Waals surface area contributed by atoms with E-state index < -0.39 is 17.8 Å². The number of hydrogen-bond acceptors (Lipinski definition) is 5. The molecule has 2 N–H and O–H groups in total. The van der Waals surface area contributed by atoms with E-state index in [9.17, 15) is 19.5 Å². The number of urea groups is 1. The Labute approximate surface area is 216 Å². The molecule has 0 radical (unpaired) electrons. The maximum absolute atomic E-state index is 13.0. The highest BCUT2D eigenvalue weighted by molar-refractivity contribution is 9.11. The lowest BCUT2D eigenvalue weighted by molar-refractivity contribution is -0.122. The van der Waals surface area contributed by atoms with E-state index in [1.165, 1.54) is 30.3 Å². The average molecular weight is 607 g/mol. The van der Waals surface area contributed by atoms with Gasteiger partial charge in [0.2, 0.25) is 0 Å². The summed E-state index contributed by atoms with van der Waals surface area (Å²) in [6.07, 6.45) is 1.38. The first kappa shape index (κ1) is 24.0. The van der Waals surface area contributed by atoms with Crippen LogP contribution in [0, 0.1) is 0 Å². The van der Waals surface area contributed by atoms with Crippen LogP contribution in [0.15, 0.2) is 75.2 Å². The van der Waals surface area contributed by atoms with E-state index in [1.54, 1.807) is 24.3 Å². The van der Waals surface area contributed by atoms with E-state index in [4.69, 9.17) is 16.3 Å². The van der Waals surface area contributed by atoms with Crippen LogP contribution < -0.4 is 15.0 Å². The number of nitrogens with one attached hydrogen (secondary N) is 1. The molecule has 0 aromatic heterocycles. The number of carbonyl (C=O) groups is 3. The summed E-state index contributed by atoms with van der Waals surface area (Å²) in [6.45, 7) is 0.281. The van der Waals surface area contributed by atoms with Gasteiger partial charge in [0.25, 0.3) is 11.8 Å². The van der Waals surface area contributed by atoms with Crippen LogP contribution in [0.25, 0.3) is 6.08 Å². The molecular weight excluding hydrogens is 592 g/mol. The molecule has 1 fully saturated rings. The first-order valence-electron chi connectivity index (χ1n) is 9.79. The second-order valence-electron chi connectivity index (χ2n) is 7.21. The highest BCUT2D eigenvalue weighted by Crippen LogP contribution is 2.36. The summed E-state index contributed by atoms with van der Waals surface area (Å²) in [5.41, 5.74) is 1.40. The van der Waals surface area contributed by atoms with Crippen molar-refractivity contribution in [2.45, 2.75) is 6.61 Å². The van der Waals surface area contributed by atoms with Gasteiger partial charge in [0, 0.05) is 5.02 Å². The molecule has 34 heavy (non-hydrogen) atoms. The fourth-order valence-electron chi connectivity index (χ4n) is 3.24. The standard InChI is InChI=1S/C24H15Br2ClN2O5/c25-19-10-14(11-20(26)21(19)34-12-13-2-1-3-15(27)8-13)9-18-22(31)28-24(33)29(23(18)32)16-4-6-17(30)7-5-16/h1-11,30H,12H2,(H,28,31,33)/b18-9+. The third kappa shape index (κ3) is 5.16. The summed E-state index contributed by atoms with van der Waals surface area (Å²) >= 11 is 12.9. The Hall–Kier alpha value is -3.14. The molecule has 1 aliphatic heterocycles. The minimum atomic E-state index is -0.870. The van der Waals surface area contributed by atoms with Crippen molar-refractivity contribution in [3.63, 3.8) is 0 Å². The number of anilines is 1. The Bertz CT molecular complexity index is 1320. The molecule has 1 saturated heterocycles. The van der Waals surface area contributed by atoms with Crippen molar-refractivity contribution in [3.05, 3.63) is 91.3 Å². The Balaban J connectivity index is 1.60. The lowest BCUT2D eigenvalue weighted by Gasteiger charge is -2.26. The predicted molar refractivity (Wildman–Crippen MR) is 135 cm³/mol. The molecule has 7 nitrogen and oxygen atoms in total. The molecule has 10 heteroatoms. The first-order valence-corrected chi connectivity index (χ1v) is 11.8. The molecule has 0 spiro atoms. The lowest BCUT2D eigenvalue weighted by Crippen LogP contribution is -2.54. The van der Waals surface area contributed by atoms with Gasteiger partial charge in [-0.3, -0.25) is 14.9 Å². The number of aromatic hydroxyl groups is 1. The average Bonchev–Trinajstić information content (AvgIpc) is 2.77. The zero-order valence-electron chi connectivity index (χ0n) is 17.2. The van der Waals surface area contributed by atoms with Crippen molar-refractivity contribution in [2.24, 2.45) is 0 Å². The van der Waals surface area contributed by atoms with Gasteiger partial charge in [-0.25, -0.2) is 9.69 Å². The molecule has 0 saturated carbocycles. The Morgan fingerprint density at radius 2 is 1.68 bits per heavy atom. The molecule has 3 aromatic rings. The SMILES string of the molecule is O=C1NC(=O)N(c2ccc(O)cc2)C(=O)/C1=C/c1cc(Br)c(OCc2cccc(Cl)c2)c(Br)c1. The number of phenolic OH excluding ortho intramolecular Hbond substituents is 1. The van der Waals surface area contributed by atoms with Crippen LogP contribution in [0.5, 0.6) is 11.5 Å². The van der Waals surface area contributed by atoms with Crippen LogP contribution in [0.3, 0.4) is 0 Å². The minimum Gasteiger partial charge on any atom is -0.508 e. The summed E-state index contributed by atoms with van der Waals surface area (Å²) in [6, 6.07) is 15.3. The zero-order valence-corrected chi connectivity index (χ0v) is 21.1. The van der Waals surface area contributed by atoms with Gasteiger partial charge in [-0.05, 0) is 97.6 Å². The Kier molecular flexibility index (Phi) is 7.06. The quantitative estimate of drug-likeness (QED) is 0.282. The lowest BCUT2D eigenvalue weighted by atomic mass is 10.1. The summed E-state index contributed by atoms with van der Waals surface area (Å²) in [7, 11) is 0. The number of barbiturate groups is 1. The van der Waals surface area contributed by atoms with E-state index >= 15 is 0 Å². The number of imide groups is 2. The molecule has 0 bridgehead atoms. The monoisotopic (exact) mass is 604 g/mol. The summed E-state index contributed by atoms with van der Waals surface area (Å²) in [4.78, 5) is 38.6. The van der Waals surface area contributed by atoms with E-state index in [0.717, 1.165) is 10.5 Å². The van der Waals surface area contributed by atoms with Crippen LogP contribution in [0.2, 0.25) is 5.02 Å². The van der Waals surface area contributed by atoms with Crippen LogP contribution in [-0.2, 0) is 16.2 Å². The highest BCUT2D eigenvalue weighted by Gasteiger charge is 2.36. The number of amides is 4. The minimum absolute atomic E-state index is 0.0205. The van der Waals surface area contributed by atoms with E-state index in [1.807, 2.05) is 12.1 Å². The van der Waals surface area contributed by atoms with Crippen molar-refractivity contribution < 1.29 is 24.2 Å². The van der Waals surface area contributed by atoms with Crippen molar-refractivity contribution >= 4 is 73.1 Å². The molecule has 1 heterocycles. The van der Waals surface area contributed by atoms with E-state index in [0.29, 0.717) is 25.3 Å². The number of rotatable bonds is 5. The number of hydrogen-bond donors (Lipinski definition) is 2. The second kappa shape index (κ2) is 10.0. The zero-order chi connectivity index (χ0) is 24.4. The molecule has 0 unspecified atom stereocenters. The first-order chi connectivity index (χ1) is 16.2. The summed E-state index contributed by atoms with van der Waals surface area (Å²) in [5, 5.41) is 12.2. The normalized spacial score (nSPS) is 15.0. The molecule has 0 aliphatic carbocycles. The molecule has 3 aromatic carbocycles. The van der Waals surface area contributed by atoms with Crippen LogP contribution >= 0.6 is 43.5 Å².